The number of methoxy groups -OCH3 is 2. The van der Waals surface area contributed by atoms with Crippen LogP contribution in [0.15, 0.2) is 18.2 Å². The average Bonchev–Trinajstić information content (AvgIpc) is 2.85. The number of urea groups is 1. The lowest BCUT2D eigenvalue weighted by Gasteiger charge is -2.12. The van der Waals surface area contributed by atoms with Gasteiger partial charge in [0.05, 0.1) is 19.9 Å². The number of hydrogen-bond donors (Lipinski definition) is 2. The first-order valence-corrected chi connectivity index (χ1v) is 8.18. The molecule has 0 radical (unpaired) electrons. The highest BCUT2D eigenvalue weighted by molar-refractivity contribution is 5.73. The molecular formula is C18H26N4O3. The Hall–Kier alpha value is -2.70. The van der Waals surface area contributed by atoms with Crippen LogP contribution in [0.4, 0.5) is 4.79 Å². The maximum Gasteiger partial charge on any atom is 0.315 e. The van der Waals surface area contributed by atoms with Crippen molar-refractivity contribution in [3.63, 3.8) is 0 Å². The van der Waals surface area contributed by atoms with Crippen molar-refractivity contribution in [1.29, 1.82) is 0 Å². The van der Waals surface area contributed by atoms with E-state index >= 15 is 0 Å². The Morgan fingerprint density at radius 2 is 1.96 bits per heavy atom. The molecule has 2 amide bonds. The van der Waals surface area contributed by atoms with E-state index in [1.54, 1.807) is 20.3 Å². The number of aromatic nitrogens is 2. The van der Waals surface area contributed by atoms with Crippen molar-refractivity contribution in [2.45, 2.75) is 26.8 Å². The summed E-state index contributed by atoms with van der Waals surface area (Å²) >= 11 is 0. The van der Waals surface area contributed by atoms with Crippen LogP contribution in [0.3, 0.4) is 0 Å². The number of amides is 2. The summed E-state index contributed by atoms with van der Waals surface area (Å²) in [5.41, 5.74) is 4.20. The zero-order chi connectivity index (χ0) is 18.4. The van der Waals surface area contributed by atoms with E-state index in [1.807, 2.05) is 37.7 Å². The van der Waals surface area contributed by atoms with Gasteiger partial charge in [-0.25, -0.2) is 4.79 Å². The molecule has 0 unspecified atom stereocenters. The van der Waals surface area contributed by atoms with Crippen molar-refractivity contribution < 1.29 is 14.3 Å². The van der Waals surface area contributed by atoms with Crippen LogP contribution in [0.1, 0.15) is 22.5 Å². The van der Waals surface area contributed by atoms with Gasteiger partial charge in [-0.1, -0.05) is 0 Å². The van der Waals surface area contributed by atoms with Crippen LogP contribution in [0.25, 0.3) is 0 Å². The predicted molar refractivity (Wildman–Crippen MR) is 96.2 cm³/mol. The number of benzene rings is 1. The van der Waals surface area contributed by atoms with Crippen LogP contribution in [0, 0.1) is 13.8 Å². The number of nitrogens with one attached hydrogen (secondary N) is 2. The Morgan fingerprint density at radius 1 is 1.20 bits per heavy atom. The zero-order valence-corrected chi connectivity index (χ0v) is 15.5. The van der Waals surface area contributed by atoms with E-state index in [0.717, 1.165) is 23.4 Å². The molecule has 2 aromatic rings. The van der Waals surface area contributed by atoms with Crippen LogP contribution in [0.5, 0.6) is 11.5 Å². The SMILES string of the molecule is COc1ccc(CNC(=O)NCCc2c(C)nn(C)c2C)c(OC)c1. The number of carbonyl (C=O) groups is 1. The molecule has 0 saturated heterocycles. The van der Waals surface area contributed by atoms with Gasteiger partial charge in [0.15, 0.2) is 0 Å². The van der Waals surface area contributed by atoms with Gasteiger partial charge in [-0.3, -0.25) is 4.68 Å². The van der Waals surface area contributed by atoms with E-state index in [-0.39, 0.29) is 6.03 Å². The fourth-order valence-corrected chi connectivity index (χ4v) is 2.72. The Labute approximate surface area is 148 Å². The monoisotopic (exact) mass is 346 g/mol. The summed E-state index contributed by atoms with van der Waals surface area (Å²) in [4.78, 5) is 12.0. The van der Waals surface area contributed by atoms with E-state index in [1.165, 1.54) is 5.56 Å². The second-order valence-corrected chi connectivity index (χ2v) is 5.81. The smallest absolute Gasteiger partial charge is 0.315 e. The Bertz CT molecular complexity index is 740. The van der Waals surface area contributed by atoms with E-state index in [2.05, 4.69) is 15.7 Å². The first kappa shape index (κ1) is 18.6. The van der Waals surface area contributed by atoms with E-state index in [9.17, 15) is 4.79 Å². The normalized spacial score (nSPS) is 10.4. The third-order valence-corrected chi connectivity index (χ3v) is 4.25. The molecule has 0 aliphatic carbocycles. The van der Waals surface area contributed by atoms with Gasteiger partial charge in [0.25, 0.3) is 0 Å². The lowest BCUT2D eigenvalue weighted by atomic mass is 10.1. The van der Waals surface area contributed by atoms with Gasteiger partial charge in [0.2, 0.25) is 0 Å². The van der Waals surface area contributed by atoms with Gasteiger partial charge in [0.1, 0.15) is 11.5 Å². The number of aryl methyl sites for hydroxylation is 2. The summed E-state index contributed by atoms with van der Waals surface area (Å²) in [6.45, 7) is 4.95. The van der Waals surface area contributed by atoms with Crippen LogP contribution < -0.4 is 20.1 Å². The second kappa shape index (κ2) is 8.41. The highest BCUT2D eigenvalue weighted by Gasteiger charge is 2.10. The van der Waals surface area contributed by atoms with Crippen LogP contribution in [-0.2, 0) is 20.0 Å². The number of rotatable bonds is 7. The van der Waals surface area contributed by atoms with Gasteiger partial charge in [0, 0.05) is 37.5 Å². The molecule has 136 valence electrons. The van der Waals surface area contributed by atoms with Crippen LogP contribution in [0.2, 0.25) is 0 Å². The maximum absolute atomic E-state index is 12.0. The van der Waals surface area contributed by atoms with Crippen LogP contribution in [-0.4, -0.2) is 36.6 Å². The number of ether oxygens (including phenoxy) is 2. The molecule has 0 aliphatic heterocycles. The quantitative estimate of drug-likeness (QED) is 0.805. The fourth-order valence-electron chi connectivity index (χ4n) is 2.72. The summed E-state index contributed by atoms with van der Waals surface area (Å²) in [6.07, 6.45) is 0.755. The molecule has 2 rings (SSSR count). The largest absolute Gasteiger partial charge is 0.497 e. The third kappa shape index (κ3) is 4.65. The van der Waals surface area contributed by atoms with Crippen LogP contribution >= 0.6 is 0 Å². The number of hydrogen-bond acceptors (Lipinski definition) is 4. The van der Waals surface area contributed by atoms with E-state index in [0.29, 0.717) is 24.6 Å². The highest BCUT2D eigenvalue weighted by Crippen LogP contribution is 2.24. The maximum atomic E-state index is 12.0. The molecule has 7 nitrogen and oxygen atoms in total. The third-order valence-electron chi connectivity index (χ3n) is 4.25. The molecule has 0 aliphatic rings. The van der Waals surface area contributed by atoms with Crippen molar-refractivity contribution in [2.24, 2.45) is 7.05 Å². The zero-order valence-electron chi connectivity index (χ0n) is 15.5. The van der Waals surface area contributed by atoms with Gasteiger partial charge < -0.3 is 20.1 Å². The topological polar surface area (TPSA) is 77.4 Å². The highest BCUT2D eigenvalue weighted by atomic mass is 16.5. The van der Waals surface area contributed by atoms with Gasteiger partial charge >= 0.3 is 6.03 Å². The average molecular weight is 346 g/mol. The molecule has 0 spiro atoms. The van der Waals surface area contributed by atoms with Crippen molar-refractivity contribution >= 4 is 6.03 Å². The minimum absolute atomic E-state index is 0.211. The van der Waals surface area contributed by atoms with Gasteiger partial charge in [-0.2, -0.15) is 5.10 Å². The summed E-state index contributed by atoms with van der Waals surface area (Å²) < 4.78 is 12.4. The Morgan fingerprint density at radius 3 is 2.56 bits per heavy atom. The molecule has 1 aromatic heterocycles. The molecule has 0 bridgehead atoms. The second-order valence-electron chi connectivity index (χ2n) is 5.81. The molecule has 25 heavy (non-hydrogen) atoms. The standard InChI is InChI=1S/C18H26N4O3/c1-12-16(13(2)22(3)21-12)8-9-19-18(23)20-11-14-6-7-15(24-4)10-17(14)25-5/h6-7,10H,8-9,11H2,1-5H3,(H2,19,20,23). The molecule has 1 heterocycles. The summed E-state index contributed by atoms with van der Waals surface area (Å²) in [7, 11) is 5.12. The lowest BCUT2D eigenvalue weighted by Crippen LogP contribution is -2.36. The molecule has 0 fully saturated rings. The van der Waals surface area contributed by atoms with Crippen molar-refractivity contribution in [3.05, 3.63) is 40.7 Å². The Balaban J connectivity index is 1.83. The first-order valence-electron chi connectivity index (χ1n) is 8.18. The minimum atomic E-state index is -0.211. The van der Waals surface area contributed by atoms with Gasteiger partial charge in [-0.15, -0.1) is 0 Å². The lowest BCUT2D eigenvalue weighted by molar-refractivity contribution is 0.240. The van der Waals surface area contributed by atoms with Gasteiger partial charge in [-0.05, 0) is 38.0 Å². The summed E-state index contributed by atoms with van der Waals surface area (Å²) in [6, 6.07) is 5.30. The Kier molecular flexibility index (Phi) is 6.27. The summed E-state index contributed by atoms with van der Waals surface area (Å²) in [5.74, 6) is 1.40. The minimum Gasteiger partial charge on any atom is -0.497 e. The molecular weight excluding hydrogens is 320 g/mol. The first-order chi connectivity index (χ1) is 12.0. The summed E-state index contributed by atoms with van der Waals surface area (Å²) in [5, 5.41) is 10.1. The predicted octanol–water partition coefficient (Wildman–Crippen LogP) is 2.10. The van der Waals surface area contributed by atoms with E-state index < -0.39 is 0 Å². The molecule has 1 aromatic carbocycles. The molecule has 0 saturated carbocycles. The van der Waals surface area contributed by atoms with Crippen molar-refractivity contribution in [1.82, 2.24) is 20.4 Å². The molecule has 2 N–H and O–H groups in total. The number of carbonyl (C=O) groups excluding carboxylic acids is 1. The van der Waals surface area contributed by atoms with Crippen molar-refractivity contribution in [2.75, 3.05) is 20.8 Å². The molecule has 0 atom stereocenters. The fraction of sp³-hybridized carbons (Fsp3) is 0.444. The number of nitrogens with zero attached hydrogens (tertiary/aromatic N) is 2. The van der Waals surface area contributed by atoms with E-state index in [4.69, 9.17) is 9.47 Å². The van der Waals surface area contributed by atoms with Crippen molar-refractivity contribution in [3.8, 4) is 11.5 Å². The molecule has 7 heteroatoms.